The largest absolute Gasteiger partial charge is 0.465 e. The highest BCUT2D eigenvalue weighted by Crippen LogP contribution is 2.15. The van der Waals surface area contributed by atoms with Crippen LogP contribution in [0.5, 0.6) is 0 Å². The first-order chi connectivity index (χ1) is 10.0. The standard InChI is InChI=1S/C14H19N5O2/c1-8(2)13-16-7-11(19-15)12(18-13)14(20)17-6-10-5-4-9(3)21-10/h4-5,7-8,19H,6,15H2,1-3H3,(H,17,20). The first-order valence-corrected chi connectivity index (χ1v) is 6.68. The van der Waals surface area contributed by atoms with Gasteiger partial charge in [-0.1, -0.05) is 13.8 Å². The van der Waals surface area contributed by atoms with Crippen LogP contribution in [0.4, 0.5) is 5.69 Å². The van der Waals surface area contributed by atoms with Crippen molar-refractivity contribution < 1.29 is 9.21 Å². The molecule has 0 radical (unpaired) electrons. The Labute approximate surface area is 122 Å². The molecule has 21 heavy (non-hydrogen) atoms. The van der Waals surface area contributed by atoms with Gasteiger partial charge in [-0.05, 0) is 19.1 Å². The lowest BCUT2D eigenvalue weighted by Gasteiger charge is -2.11. The molecular formula is C14H19N5O2. The van der Waals surface area contributed by atoms with Crippen LogP contribution >= 0.6 is 0 Å². The molecule has 0 aliphatic carbocycles. The number of amides is 1. The van der Waals surface area contributed by atoms with E-state index in [9.17, 15) is 4.79 Å². The normalized spacial score (nSPS) is 10.7. The van der Waals surface area contributed by atoms with Crippen molar-refractivity contribution in [1.29, 1.82) is 0 Å². The molecule has 2 aromatic rings. The fourth-order valence-corrected chi connectivity index (χ4v) is 1.78. The summed E-state index contributed by atoms with van der Waals surface area (Å²) in [6, 6.07) is 3.66. The van der Waals surface area contributed by atoms with Crippen LogP contribution in [0.15, 0.2) is 22.7 Å². The number of rotatable bonds is 5. The zero-order valence-electron chi connectivity index (χ0n) is 12.3. The fraction of sp³-hybridized carbons (Fsp3) is 0.357. The van der Waals surface area contributed by atoms with E-state index in [0.29, 0.717) is 17.3 Å². The Bertz CT molecular complexity index is 636. The first-order valence-electron chi connectivity index (χ1n) is 6.68. The maximum Gasteiger partial charge on any atom is 0.272 e. The highest BCUT2D eigenvalue weighted by molar-refractivity contribution is 5.97. The van der Waals surface area contributed by atoms with E-state index in [0.717, 1.165) is 5.76 Å². The molecule has 0 atom stereocenters. The third-order valence-corrected chi connectivity index (χ3v) is 2.91. The Kier molecular flexibility index (Phi) is 4.54. The molecule has 0 spiro atoms. The van der Waals surface area contributed by atoms with Crippen molar-refractivity contribution in [2.24, 2.45) is 5.84 Å². The monoisotopic (exact) mass is 289 g/mol. The number of hydrazine groups is 1. The summed E-state index contributed by atoms with van der Waals surface area (Å²) in [6.07, 6.45) is 1.51. The molecule has 4 N–H and O–H groups in total. The highest BCUT2D eigenvalue weighted by atomic mass is 16.3. The van der Waals surface area contributed by atoms with E-state index >= 15 is 0 Å². The SMILES string of the molecule is Cc1ccc(CNC(=O)c2nc(C(C)C)ncc2NN)o1. The fourth-order valence-electron chi connectivity index (χ4n) is 1.78. The molecule has 2 aromatic heterocycles. The number of nitrogens with two attached hydrogens (primary N) is 1. The van der Waals surface area contributed by atoms with Gasteiger partial charge in [0.1, 0.15) is 17.3 Å². The summed E-state index contributed by atoms with van der Waals surface area (Å²) in [5.41, 5.74) is 3.04. The third-order valence-electron chi connectivity index (χ3n) is 2.91. The van der Waals surface area contributed by atoms with E-state index < -0.39 is 0 Å². The van der Waals surface area contributed by atoms with Crippen LogP contribution in [-0.4, -0.2) is 15.9 Å². The third kappa shape index (κ3) is 3.57. The number of aromatic nitrogens is 2. The second-order valence-corrected chi connectivity index (χ2v) is 4.98. The van der Waals surface area contributed by atoms with Gasteiger partial charge in [-0.3, -0.25) is 10.6 Å². The summed E-state index contributed by atoms with van der Waals surface area (Å²) in [4.78, 5) is 20.7. The Morgan fingerprint density at radius 3 is 2.76 bits per heavy atom. The summed E-state index contributed by atoms with van der Waals surface area (Å²) in [7, 11) is 0. The van der Waals surface area contributed by atoms with Crippen molar-refractivity contribution in [1.82, 2.24) is 15.3 Å². The van der Waals surface area contributed by atoms with Gasteiger partial charge in [0.2, 0.25) is 0 Å². The number of aryl methyl sites for hydroxylation is 1. The maximum absolute atomic E-state index is 12.2. The van der Waals surface area contributed by atoms with Gasteiger partial charge in [0.15, 0.2) is 5.69 Å². The van der Waals surface area contributed by atoms with Crippen LogP contribution in [0.2, 0.25) is 0 Å². The molecule has 112 valence electrons. The van der Waals surface area contributed by atoms with E-state index in [4.69, 9.17) is 10.3 Å². The number of anilines is 1. The van der Waals surface area contributed by atoms with Crippen LogP contribution in [-0.2, 0) is 6.54 Å². The van der Waals surface area contributed by atoms with Gasteiger partial charge >= 0.3 is 0 Å². The quantitative estimate of drug-likeness (QED) is 0.571. The molecule has 2 rings (SSSR count). The summed E-state index contributed by atoms with van der Waals surface area (Å²) < 4.78 is 5.40. The maximum atomic E-state index is 12.2. The molecule has 0 bridgehead atoms. The van der Waals surface area contributed by atoms with Crippen LogP contribution < -0.4 is 16.6 Å². The van der Waals surface area contributed by atoms with E-state index in [1.807, 2.05) is 32.9 Å². The topological polar surface area (TPSA) is 106 Å². The molecule has 2 heterocycles. The molecule has 0 aliphatic rings. The van der Waals surface area contributed by atoms with E-state index in [1.165, 1.54) is 6.20 Å². The van der Waals surface area contributed by atoms with Crippen molar-refractivity contribution in [3.63, 3.8) is 0 Å². The number of hydrogen-bond donors (Lipinski definition) is 3. The average molecular weight is 289 g/mol. The minimum Gasteiger partial charge on any atom is -0.465 e. The number of hydrogen-bond acceptors (Lipinski definition) is 6. The van der Waals surface area contributed by atoms with E-state index in [2.05, 4.69) is 20.7 Å². The minimum atomic E-state index is -0.332. The van der Waals surface area contributed by atoms with Crippen LogP contribution in [0, 0.1) is 6.92 Å². The number of carbonyl (C=O) groups excluding carboxylic acids is 1. The van der Waals surface area contributed by atoms with Gasteiger partial charge in [0.25, 0.3) is 5.91 Å². The Balaban J connectivity index is 2.15. The Morgan fingerprint density at radius 1 is 1.43 bits per heavy atom. The molecule has 0 saturated carbocycles. The van der Waals surface area contributed by atoms with Gasteiger partial charge in [0.05, 0.1) is 18.4 Å². The van der Waals surface area contributed by atoms with Gasteiger partial charge < -0.3 is 15.2 Å². The molecule has 1 amide bonds. The number of nitrogens with one attached hydrogen (secondary N) is 2. The van der Waals surface area contributed by atoms with Gasteiger partial charge in [-0.15, -0.1) is 0 Å². The lowest BCUT2D eigenvalue weighted by molar-refractivity contribution is 0.0943. The van der Waals surface area contributed by atoms with Crippen molar-refractivity contribution in [3.8, 4) is 0 Å². The van der Waals surface area contributed by atoms with Crippen LogP contribution in [0.25, 0.3) is 0 Å². The van der Waals surface area contributed by atoms with Crippen molar-refractivity contribution in [2.75, 3.05) is 5.43 Å². The Morgan fingerprint density at radius 2 is 2.19 bits per heavy atom. The molecule has 0 saturated heterocycles. The number of nitrogens with zero attached hydrogens (tertiary/aromatic N) is 2. The molecule has 0 aromatic carbocycles. The van der Waals surface area contributed by atoms with Gasteiger partial charge in [-0.2, -0.15) is 0 Å². The smallest absolute Gasteiger partial charge is 0.272 e. The summed E-state index contributed by atoms with van der Waals surface area (Å²) in [6.45, 7) is 6.05. The molecular weight excluding hydrogens is 270 g/mol. The first kappa shape index (κ1) is 15.0. The second kappa shape index (κ2) is 6.36. The second-order valence-electron chi connectivity index (χ2n) is 4.98. The number of furan rings is 1. The molecule has 7 heteroatoms. The predicted molar refractivity (Wildman–Crippen MR) is 78.5 cm³/mol. The lowest BCUT2D eigenvalue weighted by Crippen LogP contribution is -2.26. The zero-order chi connectivity index (χ0) is 15.4. The molecule has 7 nitrogen and oxygen atoms in total. The zero-order valence-corrected chi connectivity index (χ0v) is 12.3. The summed E-state index contributed by atoms with van der Waals surface area (Å²) in [5.74, 6) is 7.26. The van der Waals surface area contributed by atoms with Crippen LogP contribution in [0.3, 0.4) is 0 Å². The van der Waals surface area contributed by atoms with Crippen molar-refractivity contribution in [3.05, 3.63) is 41.4 Å². The molecule has 0 unspecified atom stereocenters. The summed E-state index contributed by atoms with van der Waals surface area (Å²) >= 11 is 0. The lowest BCUT2D eigenvalue weighted by atomic mass is 10.2. The van der Waals surface area contributed by atoms with E-state index in [1.54, 1.807) is 0 Å². The number of nitrogen functional groups attached to an aromatic ring is 1. The minimum absolute atomic E-state index is 0.121. The van der Waals surface area contributed by atoms with Crippen LogP contribution in [0.1, 0.15) is 47.6 Å². The Hall–Kier alpha value is -2.41. The van der Waals surface area contributed by atoms with Crippen molar-refractivity contribution in [2.45, 2.75) is 33.2 Å². The van der Waals surface area contributed by atoms with E-state index in [-0.39, 0.29) is 24.1 Å². The van der Waals surface area contributed by atoms with Crippen molar-refractivity contribution >= 4 is 11.6 Å². The molecule has 0 fully saturated rings. The molecule has 0 aliphatic heterocycles. The van der Waals surface area contributed by atoms with Gasteiger partial charge in [0, 0.05) is 5.92 Å². The predicted octanol–water partition coefficient (Wildman–Crippen LogP) is 1.72. The highest BCUT2D eigenvalue weighted by Gasteiger charge is 2.16. The van der Waals surface area contributed by atoms with Gasteiger partial charge in [-0.25, -0.2) is 9.97 Å². The number of carbonyl (C=O) groups is 1. The average Bonchev–Trinajstić information content (AvgIpc) is 2.89. The summed E-state index contributed by atoms with van der Waals surface area (Å²) in [5, 5.41) is 2.75.